The Morgan fingerprint density at radius 2 is 1.82 bits per heavy atom. The highest BCUT2D eigenvalue weighted by molar-refractivity contribution is 7.89. The molecule has 0 bridgehead atoms. The van der Waals surface area contributed by atoms with Gasteiger partial charge in [-0.05, 0) is 31.2 Å². The van der Waals surface area contributed by atoms with Gasteiger partial charge in [-0.25, -0.2) is 27.5 Å². The maximum Gasteiger partial charge on any atom is 0.240 e. The molecule has 0 unspecified atom stereocenters. The maximum atomic E-state index is 12.9. The summed E-state index contributed by atoms with van der Waals surface area (Å²) in [7, 11) is -0.0484. The summed E-state index contributed by atoms with van der Waals surface area (Å²) in [6, 6.07) is 6.42. The molecule has 2 rings (SSSR count). The molecule has 22 heavy (non-hydrogen) atoms. The van der Waals surface area contributed by atoms with Gasteiger partial charge in [-0.1, -0.05) is 0 Å². The lowest BCUT2D eigenvalue weighted by Gasteiger charge is -2.13. The number of halogens is 1. The molecule has 0 fully saturated rings. The van der Waals surface area contributed by atoms with Crippen LogP contribution in [0.15, 0.2) is 35.2 Å². The summed E-state index contributed by atoms with van der Waals surface area (Å²) >= 11 is 0. The van der Waals surface area contributed by atoms with Crippen LogP contribution in [0.1, 0.15) is 11.5 Å². The smallest absolute Gasteiger partial charge is 0.240 e. The fourth-order valence-electron chi connectivity index (χ4n) is 1.78. The number of rotatable bonds is 5. The average molecular weight is 324 g/mol. The molecule has 0 saturated heterocycles. The highest BCUT2D eigenvalue weighted by Crippen LogP contribution is 2.12. The maximum absolute atomic E-state index is 12.9. The summed E-state index contributed by atoms with van der Waals surface area (Å²) < 4.78 is 39.5. The Bertz CT molecular complexity index is 761. The molecule has 1 aromatic heterocycles. The standard InChI is InChI=1S/C14H17FN4O2S/c1-10-8-14(19(2)3)18-13(17-10)9-16-22(20,21)12-6-4-11(15)5-7-12/h4-8,16H,9H2,1-3H3. The van der Waals surface area contributed by atoms with E-state index in [1.54, 1.807) is 6.07 Å². The lowest BCUT2D eigenvalue weighted by Crippen LogP contribution is -2.25. The minimum atomic E-state index is -3.73. The molecule has 0 aliphatic heterocycles. The Kier molecular flexibility index (Phi) is 4.72. The zero-order chi connectivity index (χ0) is 16.3. The van der Waals surface area contributed by atoms with Gasteiger partial charge in [0, 0.05) is 25.9 Å². The first kappa shape index (κ1) is 16.3. The van der Waals surface area contributed by atoms with E-state index in [1.807, 2.05) is 25.9 Å². The fourth-order valence-corrected chi connectivity index (χ4v) is 2.76. The van der Waals surface area contributed by atoms with Crippen molar-refractivity contribution in [2.75, 3.05) is 19.0 Å². The highest BCUT2D eigenvalue weighted by Gasteiger charge is 2.15. The largest absolute Gasteiger partial charge is 0.363 e. The van der Waals surface area contributed by atoms with Gasteiger partial charge in [0.05, 0.1) is 11.4 Å². The molecule has 0 radical (unpaired) electrons. The number of aromatic nitrogens is 2. The van der Waals surface area contributed by atoms with Crippen LogP contribution < -0.4 is 9.62 Å². The van der Waals surface area contributed by atoms with Crippen molar-refractivity contribution in [3.8, 4) is 0 Å². The van der Waals surface area contributed by atoms with E-state index >= 15 is 0 Å². The molecule has 2 aromatic rings. The second-order valence-corrected chi connectivity index (χ2v) is 6.72. The first-order valence-corrected chi connectivity index (χ1v) is 8.03. The van der Waals surface area contributed by atoms with Crippen LogP contribution in [-0.2, 0) is 16.6 Å². The van der Waals surface area contributed by atoms with E-state index in [0.717, 1.165) is 17.8 Å². The minimum Gasteiger partial charge on any atom is -0.363 e. The van der Waals surface area contributed by atoms with Crippen LogP contribution >= 0.6 is 0 Å². The third-order valence-corrected chi connectivity index (χ3v) is 4.31. The molecule has 0 aliphatic carbocycles. The van der Waals surface area contributed by atoms with E-state index in [-0.39, 0.29) is 11.4 Å². The average Bonchev–Trinajstić information content (AvgIpc) is 2.45. The molecule has 118 valence electrons. The molecule has 1 aromatic carbocycles. The van der Waals surface area contributed by atoms with Gasteiger partial charge in [0.2, 0.25) is 10.0 Å². The Morgan fingerprint density at radius 3 is 2.41 bits per heavy atom. The summed E-state index contributed by atoms with van der Waals surface area (Å²) in [6.45, 7) is 1.77. The van der Waals surface area contributed by atoms with E-state index in [4.69, 9.17) is 0 Å². The van der Waals surface area contributed by atoms with Gasteiger partial charge in [0.1, 0.15) is 17.5 Å². The first-order chi connectivity index (χ1) is 10.3. The molecule has 0 amide bonds. The van der Waals surface area contributed by atoms with Crippen LogP contribution in [0.4, 0.5) is 10.2 Å². The molecule has 0 saturated carbocycles. The molecular weight excluding hydrogens is 307 g/mol. The summed E-state index contributed by atoms with van der Waals surface area (Å²) in [5.41, 5.74) is 0.745. The monoisotopic (exact) mass is 324 g/mol. The molecule has 0 aliphatic rings. The van der Waals surface area contributed by atoms with E-state index in [2.05, 4.69) is 14.7 Å². The van der Waals surface area contributed by atoms with E-state index in [9.17, 15) is 12.8 Å². The van der Waals surface area contributed by atoms with Crippen LogP contribution in [0, 0.1) is 12.7 Å². The van der Waals surface area contributed by atoms with Crippen molar-refractivity contribution in [1.82, 2.24) is 14.7 Å². The second-order valence-electron chi connectivity index (χ2n) is 4.96. The topological polar surface area (TPSA) is 75.2 Å². The summed E-state index contributed by atoms with van der Waals surface area (Å²) in [5, 5.41) is 0. The fraction of sp³-hybridized carbons (Fsp3) is 0.286. The van der Waals surface area contributed by atoms with Crippen molar-refractivity contribution in [2.24, 2.45) is 0 Å². The molecule has 0 atom stereocenters. The third kappa shape index (κ3) is 3.99. The molecule has 1 N–H and O–H groups in total. The van der Waals surface area contributed by atoms with Crippen LogP contribution in [0.5, 0.6) is 0 Å². The summed E-state index contributed by atoms with van der Waals surface area (Å²) in [5.74, 6) is 0.578. The predicted molar refractivity (Wildman–Crippen MR) is 81.5 cm³/mol. The van der Waals surface area contributed by atoms with Gasteiger partial charge in [-0.15, -0.1) is 0 Å². The van der Waals surface area contributed by atoms with E-state index < -0.39 is 15.8 Å². The van der Waals surface area contributed by atoms with Crippen molar-refractivity contribution in [3.63, 3.8) is 0 Å². The number of nitrogens with zero attached hydrogens (tertiary/aromatic N) is 3. The van der Waals surface area contributed by atoms with Gasteiger partial charge < -0.3 is 4.90 Å². The number of aryl methyl sites for hydroxylation is 1. The second kappa shape index (κ2) is 6.37. The van der Waals surface area contributed by atoms with Crippen molar-refractivity contribution in [3.05, 3.63) is 47.7 Å². The van der Waals surface area contributed by atoms with Gasteiger partial charge >= 0.3 is 0 Å². The Labute approximate surface area is 129 Å². The van der Waals surface area contributed by atoms with Crippen molar-refractivity contribution >= 4 is 15.8 Å². The molecule has 1 heterocycles. The Hall–Kier alpha value is -2.06. The van der Waals surface area contributed by atoms with E-state index in [1.165, 1.54) is 12.1 Å². The number of anilines is 1. The normalized spacial score (nSPS) is 11.5. The molecule has 0 spiro atoms. The molecule has 8 heteroatoms. The Morgan fingerprint density at radius 1 is 1.18 bits per heavy atom. The number of nitrogens with one attached hydrogen (secondary N) is 1. The molecule has 6 nitrogen and oxygen atoms in total. The quantitative estimate of drug-likeness (QED) is 0.901. The van der Waals surface area contributed by atoms with E-state index in [0.29, 0.717) is 11.6 Å². The van der Waals surface area contributed by atoms with Crippen LogP contribution in [0.3, 0.4) is 0 Å². The van der Waals surface area contributed by atoms with Crippen molar-refractivity contribution < 1.29 is 12.8 Å². The zero-order valence-corrected chi connectivity index (χ0v) is 13.4. The Balaban J connectivity index is 2.17. The summed E-state index contributed by atoms with van der Waals surface area (Å²) in [4.78, 5) is 10.3. The lowest BCUT2D eigenvalue weighted by molar-refractivity contribution is 0.578. The number of benzene rings is 1. The number of hydrogen-bond acceptors (Lipinski definition) is 5. The predicted octanol–water partition coefficient (Wildman–Crippen LogP) is 1.47. The van der Waals surface area contributed by atoms with Gasteiger partial charge in [-0.3, -0.25) is 0 Å². The molecular formula is C14H17FN4O2S. The highest BCUT2D eigenvalue weighted by atomic mass is 32.2. The van der Waals surface area contributed by atoms with Crippen LogP contribution in [0.2, 0.25) is 0 Å². The third-order valence-electron chi connectivity index (χ3n) is 2.89. The number of hydrogen-bond donors (Lipinski definition) is 1. The van der Waals surface area contributed by atoms with Gasteiger partial charge in [0.15, 0.2) is 0 Å². The van der Waals surface area contributed by atoms with Crippen molar-refractivity contribution in [2.45, 2.75) is 18.4 Å². The SMILES string of the molecule is Cc1cc(N(C)C)nc(CNS(=O)(=O)c2ccc(F)cc2)n1. The van der Waals surface area contributed by atoms with Gasteiger partial charge in [-0.2, -0.15) is 0 Å². The first-order valence-electron chi connectivity index (χ1n) is 6.55. The van der Waals surface area contributed by atoms with Crippen molar-refractivity contribution in [1.29, 1.82) is 0 Å². The lowest BCUT2D eigenvalue weighted by atomic mass is 10.4. The zero-order valence-electron chi connectivity index (χ0n) is 12.5. The van der Waals surface area contributed by atoms with Crippen LogP contribution in [-0.4, -0.2) is 32.5 Å². The minimum absolute atomic E-state index is 0.00520. The summed E-state index contributed by atoms with van der Waals surface area (Å²) in [6.07, 6.45) is 0. The number of sulfonamides is 1. The van der Waals surface area contributed by atoms with Crippen LogP contribution in [0.25, 0.3) is 0 Å². The van der Waals surface area contributed by atoms with Gasteiger partial charge in [0.25, 0.3) is 0 Å².